The van der Waals surface area contributed by atoms with Gasteiger partial charge in [-0.05, 0) is 18.2 Å². The predicted molar refractivity (Wildman–Crippen MR) is 68.8 cm³/mol. The molecule has 92 valence electrons. The first-order valence-electron chi connectivity index (χ1n) is 4.92. The summed E-state index contributed by atoms with van der Waals surface area (Å²) in [5.74, 6) is 0.745. The predicted octanol–water partition coefficient (Wildman–Crippen LogP) is 2.13. The molecule has 0 aliphatic carbocycles. The fourth-order valence-electron chi connectivity index (χ4n) is 1.22. The van der Waals surface area contributed by atoms with Gasteiger partial charge in [-0.15, -0.1) is 0 Å². The average Bonchev–Trinajstić information content (AvgIpc) is 2.38. The molecule has 2 rings (SSSR count). The van der Waals surface area contributed by atoms with E-state index >= 15 is 0 Å². The Kier molecular flexibility index (Phi) is 3.73. The maximum Gasteiger partial charge on any atom is 0.238 e. The maximum atomic E-state index is 8.55. The molecule has 6 nitrogen and oxygen atoms in total. The highest BCUT2D eigenvalue weighted by Gasteiger charge is 2.05. The van der Waals surface area contributed by atoms with Gasteiger partial charge in [-0.3, -0.25) is 4.98 Å². The van der Waals surface area contributed by atoms with Crippen molar-refractivity contribution in [3.05, 3.63) is 46.8 Å². The van der Waals surface area contributed by atoms with E-state index in [9.17, 15) is 0 Å². The summed E-state index contributed by atoms with van der Waals surface area (Å²) in [6.07, 6.45) is 2.82. The monoisotopic (exact) mass is 308 g/mol. The Hall–Kier alpha value is -2.15. The summed E-state index contributed by atoms with van der Waals surface area (Å²) < 4.78 is 6.39. The summed E-state index contributed by atoms with van der Waals surface area (Å²) in [7, 11) is 0. The normalized spacial score (nSPS) is 11.3. The van der Waals surface area contributed by atoms with Gasteiger partial charge in [0.2, 0.25) is 5.88 Å². The third-order valence-corrected chi connectivity index (χ3v) is 2.49. The van der Waals surface area contributed by atoms with Crippen molar-refractivity contribution < 1.29 is 9.94 Å². The van der Waals surface area contributed by atoms with Gasteiger partial charge in [0.05, 0.1) is 12.4 Å². The number of nitrogens with two attached hydrogens (primary N) is 1. The van der Waals surface area contributed by atoms with Crippen LogP contribution in [-0.2, 0) is 0 Å². The molecule has 0 saturated heterocycles. The fraction of sp³-hybridized carbons (Fsp3) is 0. The van der Waals surface area contributed by atoms with Crippen LogP contribution in [0, 0.1) is 0 Å². The lowest BCUT2D eigenvalue weighted by Gasteiger charge is -2.05. The molecule has 0 bridgehead atoms. The summed E-state index contributed by atoms with van der Waals surface area (Å²) in [4.78, 5) is 7.95. The zero-order valence-electron chi connectivity index (χ0n) is 9.12. The first-order valence-corrected chi connectivity index (χ1v) is 5.71. The van der Waals surface area contributed by atoms with Crippen molar-refractivity contribution in [2.45, 2.75) is 0 Å². The molecule has 7 heteroatoms. The standard InChI is InChI=1S/C11H9BrN4O2/c12-7-2-1-3-8(4-7)18-10-6-14-5-9(15-10)11(13)16-17/h1-6,17H,(H2,13,16). The van der Waals surface area contributed by atoms with E-state index in [4.69, 9.17) is 15.7 Å². The van der Waals surface area contributed by atoms with Crippen LogP contribution in [0.4, 0.5) is 0 Å². The first kappa shape index (κ1) is 12.3. The Morgan fingerprint density at radius 1 is 1.39 bits per heavy atom. The second-order valence-corrected chi connectivity index (χ2v) is 4.20. The van der Waals surface area contributed by atoms with Crippen LogP contribution in [0.5, 0.6) is 11.6 Å². The smallest absolute Gasteiger partial charge is 0.238 e. The van der Waals surface area contributed by atoms with E-state index in [2.05, 4.69) is 31.1 Å². The molecule has 0 atom stereocenters. The second kappa shape index (κ2) is 5.46. The van der Waals surface area contributed by atoms with Crippen molar-refractivity contribution in [1.29, 1.82) is 0 Å². The van der Waals surface area contributed by atoms with Crippen LogP contribution in [0.2, 0.25) is 0 Å². The van der Waals surface area contributed by atoms with E-state index in [1.807, 2.05) is 12.1 Å². The number of nitrogens with zero attached hydrogens (tertiary/aromatic N) is 3. The molecule has 0 amide bonds. The summed E-state index contributed by atoms with van der Waals surface area (Å²) >= 11 is 3.34. The molecule has 0 spiro atoms. The summed E-state index contributed by atoms with van der Waals surface area (Å²) in [5, 5.41) is 11.4. The Bertz CT molecular complexity index is 589. The van der Waals surface area contributed by atoms with Crippen LogP contribution in [-0.4, -0.2) is 21.0 Å². The number of aromatic nitrogens is 2. The van der Waals surface area contributed by atoms with Crippen LogP contribution in [0.15, 0.2) is 46.3 Å². The van der Waals surface area contributed by atoms with Crippen molar-refractivity contribution >= 4 is 21.8 Å². The van der Waals surface area contributed by atoms with Gasteiger partial charge in [0, 0.05) is 4.47 Å². The van der Waals surface area contributed by atoms with Gasteiger partial charge in [0.25, 0.3) is 0 Å². The van der Waals surface area contributed by atoms with Gasteiger partial charge in [0.15, 0.2) is 5.84 Å². The lowest BCUT2D eigenvalue weighted by atomic mass is 10.3. The van der Waals surface area contributed by atoms with Crippen LogP contribution < -0.4 is 10.5 Å². The minimum Gasteiger partial charge on any atom is -0.437 e. The minimum absolute atomic E-state index is 0.123. The number of halogens is 1. The third kappa shape index (κ3) is 2.95. The molecule has 0 fully saturated rings. The SMILES string of the molecule is N/C(=N\O)c1cncc(Oc2cccc(Br)c2)n1. The zero-order chi connectivity index (χ0) is 13.0. The van der Waals surface area contributed by atoms with E-state index < -0.39 is 0 Å². The number of hydrogen-bond acceptors (Lipinski definition) is 5. The Morgan fingerprint density at radius 2 is 2.22 bits per heavy atom. The van der Waals surface area contributed by atoms with E-state index in [0.29, 0.717) is 5.75 Å². The lowest BCUT2D eigenvalue weighted by molar-refractivity contribution is 0.318. The molecule has 2 aromatic rings. The number of oxime groups is 1. The van der Waals surface area contributed by atoms with Crippen molar-refractivity contribution in [3.63, 3.8) is 0 Å². The molecular formula is C11H9BrN4O2. The quantitative estimate of drug-likeness (QED) is 0.392. The van der Waals surface area contributed by atoms with Gasteiger partial charge in [0.1, 0.15) is 11.4 Å². The third-order valence-electron chi connectivity index (χ3n) is 2.00. The average molecular weight is 309 g/mol. The minimum atomic E-state index is -0.123. The zero-order valence-corrected chi connectivity index (χ0v) is 10.7. The van der Waals surface area contributed by atoms with Gasteiger partial charge >= 0.3 is 0 Å². The van der Waals surface area contributed by atoms with E-state index in [0.717, 1.165) is 4.47 Å². The number of rotatable bonds is 3. The van der Waals surface area contributed by atoms with Gasteiger partial charge in [-0.25, -0.2) is 4.98 Å². The lowest BCUT2D eigenvalue weighted by Crippen LogP contribution is -2.15. The van der Waals surface area contributed by atoms with Crippen molar-refractivity contribution in [2.75, 3.05) is 0 Å². The number of amidine groups is 1. The molecule has 1 aromatic heterocycles. The van der Waals surface area contributed by atoms with Crippen LogP contribution >= 0.6 is 15.9 Å². The highest BCUT2D eigenvalue weighted by molar-refractivity contribution is 9.10. The molecule has 0 radical (unpaired) electrons. The molecule has 1 heterocycles. The number of hydrogen-bond donors (Lipinski definition) is 2. The topological polar surface area (TPSA) is 93.6 Å². The molecule has 0 aliphatic heterocycles. The fourth-order valence-corrected chi connectivity index (χ4v) is 1.60. The van der Waals surface area contributed by atoms with Crippen LogP contribution in [0.1, 0.15) is 5.69 Å². The second-order valence-electron chi connectivity index (χ2n) is 3.29. The highest BCUT2D eigenvalue weighted by Crippen LogP contribution is 2.22. The molecule has 18 heavy (non-hydrogen) atoms. The highest BCUT2D eigenvalue weighted by atomic mass is 79.9. The number of ether oxygens (including phenoxy) is 1. The Balaban J connectivity index is 2.24. The molecule has 1 aromatic carbocycles. The van der Waals surface area contributed by atoms with E-state index in [1.54, 1.807) is 12.1 Å². The molecule has 3 N–H and O–H groups in total. The summed E-state index contributed by atoms with van der Waals surface area (Å²) in [5.41, 5.74) is 5.66. The van der Waals surface area contributed by atoms with E-state index in [1.165, 1.54) is 12.4 Å². The van der Waals surface area contributed by atoms with Crippen LogP contribution in [0.3, 0.4) is 0 Å². The van der Waals surface area contributed by atoms with Crippen molar-refractivity contribution in [2.24, 2.45) is 10.9 Å². The molecule has 0 saturated carbocycles. The first-order chi connectivity index (χ1) is 8.69. The molecule has 0 unspecified atom stereocenters. The molecule has 0 aliphatic rings. The maximum absolute atomic E-state index is 8.55. The van der Waals surface area contributed by atoms with Gasteiger partial charge in [-0.2, -0.15) is 0 Å². The van der Waals surface area contributed by atoms with Crippen molar-refractivity contribution in [3.8, 4) is 11.6 Å². The summed E-state index contributed by atoms with van der Waals surface area (Å²) in [6.45, 7) is 0. The Labute approximate surface area is 111 Å². The number of benzene rings is 1. The van der Waals surface area contributed by atoms with Crippen LogP contribution in [0.25, 0.3) is 0 Å². The van der Waals surface area contributed by atoms with E-state index in [-0.39, 0.29) is 17.4 Å². The molecular weight excluding hydrogens is 300 g/mol. The summed E-state index contributed by atoms with van der Waals surface area (Å²) in [6, 6.07) is 7.28. The van der Waals surface area contributed by atoms with Crippen molar-refractivity contribution in [1.82, 2.24) is 9.97 Å². The van der Waals surface area contributed by atoms with Gasteiger partial charge in [-0.1, -0.05) is 27.2 Å². The van der Waals surface area contributed by atoms with Gasteiger partial charge < -0.3 is 15.7 Å². The Morgan fingerprint density at radius 3 is 2.94 bits per heavy atom. The largest absolute Gasteiger partial charge is 0.437 e.